The monoisotopic (exact) mass is 774 g/mol. The number of fused-ring (bicyclic) bond motifs is 3. The number of carbonyl (C=O) groups excluding carboxylic acids is 3. The van der Waals surface area contributed by atoms with Crippen molar-refractivity contribution in [1.29, 1.82) is 0 Å². The van der Waals surface area contributed by atoms with E-state index in [4.69, 9.17) is 19.9 Å². The van der Waals surface area contributed by atoms with Gasteiger partial charge in [-0.25, -0.2) is 0 Å². The summed E-state index contributed by atoms with van der Waals surface area (Å²) in [6.45, 7) is 0.560. The number of rotatable bonds is 5. The summed E-state index contributed by atoms with van der Waals surface area (Å²) >= 11 is 0. The van der Waals surface area contributed by atoms with Crippen LogP contribution in [0.15, 0.2) is 18.2 Å². The summed E-state index contributed by atoms with van der Waals surface area (Å²) in [4.78, 5) is 39.7. The minimum atomic E-state index is -2.24. The van der Waals surface area contributed by atoms with Crippen LogP contribution in [0.3, 0.4) is 0 Å². The number of Topliss-reactive ketones (excluding diaryl/α,β-unsaturated/α-hetero) is 1. The molecule has 14 heteroatoms. The van der Waals surface area contributed by atoms with Crippen LogP contribution < -0.4 is 10.5 Å². The summed E-state index contributed by atoms with van der Waals surface area (Å²) in [5.41, 5.74) is 2.37. The predicted octanol–water partition coefficient (Wildman–Crippen LogP) is 0.421. The normalized spacial score (nSPS) is 28.4. The van der Waals surface area contributed by atoms with Crippen LogP contribution in [-0.2, 0) is 41.8 Å². The van der Waals surface area contributed by atoms with Gasteiger partial charge in [-0.15, -0.1) is 12.4 Å². The molecule has 12 nitrogen and oxygen atoms in total. The summed E-state index contributed by atoms with van der Waals surface area (Å²) in [7, 11) is 1.32. The van der Waals surface area contributed by atoms with Crippen LogP contribution in [0.4, 0.5) is 0 Å². The van der Waals surface area contributed by atoms with Gasteiger partial charge in [0.15, 0.2) is 17.9 Å². The van der Waals surface area contributed by atoms with E-state index in [0.29, 0.717) is 0 Å². The maximum atomic E-state index is 13.6. The van der Waals surface area contributed by atoms with Crippen LogP contribution in [0.25, 0.3) is 0 Å². The molecule has 2 aromatic rings. The van der Waals surface area contributed by atoms with Crippen LogP contribution in [0.2, 0.25) is 0 Å². The number of phenolic OH excluding ortho intramolecular Hbond substituents is 2. The third kappa shape index (κ3) is 5.21. The number of ketones is 3. The molecule has 1 aliphatic heterocycles. The molecule has 7 N–H and O–H groups in total. The molecule has 0 saturated carbocycles. The molecule has 3 aliphatic rings. The number of phenols is 2. The van der Waals surface area contributed by atoms with Gasteiger partial charge < -0.3 is 45.5 Å². The second-order valence-corrected chi connectivity index (χ2v) is 10.2. The van der Waals surface area contributed by atoms with Crippen LogP contribution >= 0.6 is 12.4 Å². The second-order valence-electron chi connectivity index (χ2n) is 10.2. The quantitative estimate of drug-likeness (QED) is 0.195. The Kier molecular flexibility index (Phi) is 9.74. The van der Waals surface area contributed by atoms with Gasteiger partial charge in [0.25, 0.3) is 0 Å². The summed E-state index contributed by atoms with van der Waals surface area (Å²) in [5.74, 6) is -3.77. The molecule has 0 radical (unpaired) electrons. The van der Waals surface area contributed by atoms with Crippen molar-refractivity contribution >= 4 is 29.8 Å². The first-order chi connectivity index (χ1) is 18.4. The molecule has 1 saturated heterocycles. The van der Waals surface area contributed by atoms with Crippen molar-refractivity contribution in [2.24, 2.45) is 5.73 Å². The molecule has 1 fully saturated rings. The smallest absolute Gasteiger partial charge is 0.202 e. The first-order valence-electron chi connectivity index (χ1n) is 12.4. The molecule has 0 spiro atoms. The number of methoxy groups -OCH3 is 1. The number of ether oxygens (including phenoxy) is 3. The minimum absolute atomic E-state index is 0. The Morgan fingerprint density at radius 1 is 1.15 bits per heavy atom. The molecule has 2 aromatic carbocycles. The van der Waals surface area contributed by atoms with Gasteiger partial charge in [0, 0.05) is 63.1 Å². The molecule has 5 rings (SSSR count). The Hall–Kier alpha value is -2.41. The third-order valence-electron chi connectivity index (χ3n) is 7.81. The Morgan fingerprint density at radius 2 is 1.80 bits per heavy atom. The number of aliphatic hydroxyl groups is 3. The molecule has 6 atom stereocenters. The van der Waals surface area contributed by atoms with Gasteiger partial charge in [0.1, 0.15) is 29.5 Å². The molecule has 41 heavy (non-hydrogen) atoms. The zero-order valence-electron chi connectivity index (χ0n) is 21.9. The van der Waals surface area contributed by atoms with E-state index in [-0.39, 0.29) is 67.9 Å². The van der Waals surface area contributed by atoms with E-state index in [1.165, 1.54) is 25.3 Å². The van der Waals surface area contributed by atoms with Crippen LogP contribution in [0, 0.1) is 0 Å². The standard InChI is InChI=1S/C27H29NO11.ClH.Pt/c1-10-22(31)13(28)6-17(38-10)39-15-8-27(36,16(30)9-29)7-12-19(15)26(35)21-20(24(12)33)23(32)11-4-3-5-14(37-2)18(11)25(21)34;;/h3-5,10,13,15,17,22,29,31,33,35-36H,6-9,28H2,1-2H3;1H;/t10?,13?,15-,17?,22?,27-;;/m0../s1. The Balaban J connectivity index is 0.00000231. The van der Waals surface area contributed by atoms with Gasteiger partial charge in [0.05, 0.1) is 42.1 Å². The van der Waals surface area contributed by atoms with Gasteiger partial charge in [-0.2, -0.15) is 0 Å². The number of hydrogen-bond acceptors (Lipinski definition) is 12. The van der Waals surface area contributed by atoms with E-state index in [9.17, 15) is 39.9 Å². The van der Waals surface area contributed by atoms with E-state index in [1.54, 1.807) is 6.92 Å². The largest absolute Gasteiger partial charge is 0.507 e. The first-order valence-corrected chi connectivity index (χ1v) is 12.4. The van der Waals surface area contributed by atoms with E-state index >= 15 is 0 Å². The second kappa shape index (κ2) is 12.1. The van der Waals surface area contributed by atoms with Gasteiger partial charge in [-0.3, -0.25) is 14.4 Å². The van der Waals surface area contributed by atoms with E-state index in [1.807, 2.05) is 0 Å². The predicted molar refractivity (Wildman–Crippen MR) is 139 cm³/mol. The molecular formula is C27H30ClNO11Pt. The van der Waals surface area contributed by atoms with E-state index < -0.39 is 95.7 Å². The fourth-order valence-corrected chi connectivity index (χ4v) is 5.75. The van der Waals surface area contributed by atoms with Crippen LogP contribution in [0.5, 0.6) is 17.2 Å². The topological polar surface area (TPSA) is 206 Å². The van der Waals surface area contributed by atoms with Crippen LogP contribution in [0.1, 0.15) is 68.8 Å². The summed E-state index contributed by atoms with van der Waals surface area (Å²) in [6.07, 6.45) is -5.12. The van der Waals surface area contributed by atoms with Crippen molar-refractivity contribution in [1.82, 2.24) is 0 Å². The molecule has 0 bridgehead atoms. The number of aliphatic hydroxyl groups excluding tert-OH is 2. The summed E-state index contributed by atoms with van der Waals surface area (Å²) < 4.78 is 17.0. The van der Waals surface area contributed by atoms with E-state index in [0.717, 1.165) is 0 Å². The number of aromatic hydroxyl groups is 2. The van der Waals surface area contributed by atoms with Crippen molar-refractivity contribution in [3.05, 3.63) is 51.6 Å². The molecule has 0 aromatic heterocycles. The zero-order chi connectivity index (χ0) is 28.4. The summed E-state index contributed by atoms with van der Waals surface area (Å²) in [6, 6.07) is 3.64. The van der Waals surface area contributed by atoms with Crippen molar-refractivity contribution in [2.75, 3.05) is 13.7 Å². The number of halogens is 1. The summed E-state index contributed by atoms with van der Waals surface area (Å²) in [5, 5.41) is 53.7. The van der Waals surface area contributed by atoms with Gasteiger partial charge in [-0.05, 0) is 13.0 Å². The zero-order valence-corrected chi connectivity index (χ0v) is 25.0. The molecular weight excluding hydrogens is 745 g/mol. The Morgan fingerprint density at radius 3 is 2.41 bits per heavy atom. The molecule has 0 amide bonds. The van der Waals surface area contributed by atoms with Gasteiger partial charge in [-0.1, -0.05) is 12.1 Å². The average molecular weight is 775 g/mol. The fraction of sp³-hybridized carbons (Fsp3) is 0.444. The van der Waals surface area contributed by atoms with Crippen molar-refractivity contribution in [3.8, 4) is 17.2 Å². The van der Waals surface area contributed by atoms with Gasteiger partial charge in [0.2, 0.25) is 5.78 Å². The number of benzene rings is 2. The number of hydrogen-bond donors (Lipinski definition) is 6. The molecule has 1 heterocycles. The third-order valence-corrected chi connectivity index (χ3v) is 7.81. The minimum Gasteiger partial charge on any atom is -0.507 e. The van der Waals surface area contributed by atoms with E-state index in [2.05, 4.69) is 0 Å². The SMILES string of the molecule is COc1cccc2c1C(=O)c1c(O)c3c(c(O)c1C2=O)C[C@@](O)(C(=O)CO)C[C@@H]3OC1CC(N)C(O)C(C)O1.Cl.[Pt]. The fourth-order valence-electron chi connectivity index (χ4n) is 5.75. The van der Waals surface area contributed by atoms with Crippen molar-refractivity contribution in [2.45, 2.75) is 62.4 Å². The molecule has 2 aliphatic carbocycles. The first kappa shape index (κ1) is 33.1. The van der Waals surface area contributed by atoms with Crippen LogP contribution in [-0.4, -0.2) is 86.7 Å². The Labute approximate surface area is 255 Å². The maximum absolute atomic E-state index is 13.6. The van der Waals surface area contributed by atoms with Crippen molar-refractivity contribution < 1.29 is 75.2 Å². The number of carbonyl (C=O) groups is 3. The molecule has 4 unspecified atom stereocenters. The Bertz CT molecular complexity index is 1390. The maximum Gasteiger partial charge on any atom is 0.202 e. The van der Waals surface area contributed by atoms with Crippen molar-refractivity contribution in [3.63, 3.8) is 0 Å². The molecule has 226 valence electrons. The number of nitrogens with two attached hydrogens (primary N) is 1. The van der Waals surface area contributed by atoms with Gasteiger partial charge >= 0.3 is 0 Å². The average Bonchev–Trinajstić information content (AvgIpc) is 2.90.